The summed E-state index contributed by atoms with van der Waals surface area (Å²) in [6.45, 7) is 0. The summed E-state index contributed by atoms with van der Waals surface area (Å²) in [6.07, 6.45) is 3.33. The number of carbonyl (C=O) groups excluding carboxylic acids is 1. The highest BCUT2D eigenvalue weighted by Crippen LogP contribution is 2.38. The van der Waals surface area contributed by atoms with E-state index < -0.39 is 5.38 Å². The van der Waals surface area contributed by atoms with Crippen molar-refractivity contribution in [3.05, 3.63) is 90.5 Å². The van der Waals surface area contributed by atoms with Gasteiger partial charge in [0, 0.05) is 25.0 Å². The largest absolute Gasteiger partial charge is 0.309 e. The van der Waals surface area contributed by atoms with Gasteiger partial charge in [0.2, 0.25) is 5.91 Å². The smallest absolute Gasteiger partial charge is 0.248 e. The number of benzene rings is 2. The highest BCUT2D eigenvalue weighted by Gasteiger charge is 2.24. The van der Waals surface area contributed by atoms with Crippen molar-refractivity contribution in [1.29, 1.82) is 0 Å². The first-order chi connectivity index (χ1) is 14.5. The molecule has 2 aromatic heterocycles. The van der Waals surface area contributed by atoms with E-state index in [1.54, 1.807) is 48.4 Å². The quantitative estimate of drug-likeness (QED) is 0.451. The second kappa shape index (κ2) is 8.47. The fourth-order valence-corrected chi connectivity index (χ4v) is 3.42. The van der Waals surface area contributed by atoms with Gasteiger partial charge in [-0.25, -0.2) is 4.39 Å². The summed E-state index contributed by atoms with van der Waals surface area (Å²) in [4.78, 5) is 17.0. The Morgan fingerprint density at radius 3 is 2.33 bits per heavy atom. The van der Waals surface area contributed by atoms with Gasteiger partial charge in [-0.2, -0.15) is 5.10 Å². The Labute approximate surface area is 178 Å². The second-order valence-electron chi connectivity index (χ2n) is 6.70. The molecule has 7 heteroatoms. The summed E-state index contributed by atoms with van der Waals surface area (Å²) in [5.41, 5.74) is 3.56. The maximum Gasteiger partial charge on any atom is 0.248 e. The maximum absolute atomic E-state index is 13.4. The van der Waals surface area contributed by atoms with Crippen molar-refractivity contribution in [3.63, 3.8) is 0 Å². The normalized spacial score (nSPS) is 11.8. The molecule has 150 valence electrons. The Bertz CT molecular complexity index is 1160. The fourth-order valence-electron chi connectivity index (χ4n) is 3.22. The maximum atomic E-state index is 13.4. The number of nitrogens with one attached hydrogen (secondary N) is 1. The number of anilines is 1. The summed E-state index contributed by atoms with van der Waals surface area (Å²) in [7, 11) is 1.74. The van der Waals surface area contributed by atoms with Crippen LogP contribution in [0, 0.1) is 5.82 Å². The number of pyridine rings is 1. The van der Waals surface area contributed by atoms with E-state index in [1.165, 1.54) is 12.1 Å². The molecule has 1 unspecified atom stereocenters. The molecule has 1 atom stereocenters. The zero-order chi connectivity index (χ0) is 21.1. The summed E-state index contributed by atoms with van der Waals surface area (Å²) in [6, 6.07) is 18.8. The van der Waals surface area contributed by atoms with Crippen molar-refractivity contribution in [3.8, 4) is 22.4 Å². The minimum absolute atomic E-state index is 0.332. The topological polar surface area (TPSA) is 59.8 Å². The Balaban J connectivity index is 1.78. The lowest BCUT2D eigenvalue weighted by Crippen LogP contribution is -2.19. The Hall–Kier alpha value is -3.51. The molecule has 0 spiro atoms. The van der Waals surface area contributed by atoms with Gasteiger partial charge in [0.15, 0.2) is 0 Å². The SMILES string of the molecule is Cn1nc(-c2ccc(F)cc2)c(-c2ccncc2)c1NC(=O)C(Cl)c1ccccc1. The van der Waals surface area contributed by atoms with Crippen LogP contribution in [0.15, 0.2) is 79.1 Å². The van der Waals surface area contributed by atoms with Gasteiger partial charge in [-0.1, -0.05) is 30.3 Å². The number of rotatable bonds is 5. The summed E-state index contributed by atoms with van der Waals surface area (Å²) < 4.78 is 15.0. The van der Waals surface area contributed by atoms with E-state index >= 15 is 0 Å². The first-order valence-electron chi connectivity index (χ1n) is 9.28. The highest BCUT2D eigenvalue weighted by molar-refractivity contribution is 6.32. The molecule has 30 heavy (non-hydrogen) atoms. The first kappa shape index (κ1) is 19.8. The number of amides is 1. The molecule has 2 heterocycles. The lowest BCUT2D eigenvalue weighted by molar-refractivity contribution is -0.116. The molecule has 4 rings (SSSR count). The molecular formula is C23H18ClFN4O. The van der Waals surface area contributed by atoms with Gasteiger partial charge in [0.25, 0.3) is 0 Å². The van der Waals surface area contributed by atoms with E-state index in [4.69, 9.17) is 11.6 Å². The van der Waals surface area contributed by atoms with Crippen LogP contribution in [0.1, 0.15) is 10.9 Å². The van der Waals surface area contributed by atoms with Gasteiger partial charge in [-0.05, 0) is 47.5 Å². The van der Waals surface area contributed by atoms with E-state index in [2.05, 4.69) is 15.4 Å². The van der Waals surface area contributed by atoms with Crippen LogP contribution in [-0.4, -0.2) is 20.7 Å². The number of hydrogen-bond donors (Lipinski definition) is 1. The second-order valence-corrected chi connectivity index (χ2v) is 7.14. The third kappa shape index (κ3) is 3.95. The zero-order valence-corrected chi connectivity index (χ0v) is 16.8. The molecule has 0 fully saturated rings. The summed E-state index contributed by atoms with van der Waals surface area (Å²) in [5, 5.41) is 6.64. The number of alkyl halides is 1. The molecule has 0 aliphatic carbocycles. The molecule has 0 saturated carbocycles. The van der Waals surface area contributed by atoms with Crippen molar-refractivity contribution in [2.24, 2.45) is 7.05 Å². The zero-order valence-electron chi connectivity index (χ0n) is 16.1. The van der Waals surface area contributed by atoms with Gasteiger partial charge in [0.1, 0.15) is 22.7 Å². The van der Waals surface area contributed by atoms with Crippen LogP contribution < -0.4 is 5.32 Å². The van der Waals surface area contributed by atoms with Crippen LogP contribution in [0.4, 0.5) is 10.2 Å². The van der Waals surface area contributed by atoms with E-state index in [1.807, 2.05) is 30.3 Å². The molecule has 0 radical (unpaired) electrons. The van der Waals surface area contributed by atoms with Gasteiger partial charge in [0.05, 0.1) is 5.56 Å². The number of halogens is 2. The Morgan fingerprint density at radius 2 is 1.67 bits per heavy atom. The molecule has 1 amide bonds. The van der Waals surface area contributed by atoms with Crippen LogP contribution in [0.3, 0.4) is 0 Å². The molecule has 0 aliphatic rings. The van der Waals surface area contributed by atoms with E-state index in [0.29, 0.717) is 22.6 Å². The number of aromatic nitrogens is 3. The fraction of sp³-hybridized carbons (Fsp3) is 0.0870. The number of nitrogens with zero attached hydrogens (tertiary/aromatic N) is 3. The van der Waals surface area contributed by atoms with Crippen LogP contribution in [0.5, 0.6) is 0 Å². The van der Waals surface area contributed by atoms with Crippen molar-refractivity contribution in [2.75, 3.05) is 5.32 Å². The lowest BCUT2D eigenvalue weighted by atomic mass is 10.0. The molecule has 0 aliphatic heterocycles. The molecule has 4 aromatic rings. The average Bonchev–Trinajstić information content (AvgIpc) is 3.10. The third-order valence-corrected chi connectivity index (χ3v) is 5.15. The molecular weight excluding hydrogens is 403 g/mol. The van der Waals surface area contributed by atoms with E-state index in [9.17, 15) is 9.18 Å². The van der Waals surface area contributed by atoms with Gasteiger partial charge < -0.3 is 5.32 Å². The van der Waals surface area contributed by atoms with Crippen LogP contribution in [-0.2, 0) is 11.8 Å². The number of aryl methyl sites for hydroxylation is 1. The van der Waals surface area contributed by atoms with Crippen molar-refractivity contribution >= 4 is 23.3 Å². The molecule has 0 saturated heterocycles. The molecule has 0 bridgehead atoms. The van der Waals surface area contributed by atoms with Crippen LogP contribution in [0.2, 0.25) is 0 Å². The average molecular weight is 421 g/mol. The monoisotopic (exact) mass is 420 g/mol. The van der Waals surface area contributed by atoms with Gasteiger partial charge >= 0.3 is 0 Å². The van der Waals surface area contributed by atoms with E-state index in [-0.39, 0.29) is 11.7 Å². The Kier molecular flexibility index (Phi) is 5.59. The predicted octanol–water partition coefficient (Wildman–Crippen LogP) is 5.21. The minimum Gasteiger partial charge on any atom is -0.309 e. The molecule has 2 aromatic carbocycles. The standard InChI is InChI=1S/C23H18ClFN4O/c1-29-22(27-23(30)20(24)16-5-3-2-4-6-16)19(15-11-13-26-14-12-15)21(28-29)17-7-9-18(25)10-8-17/h2-14,20H,1H3,(H,27,30). The Morgan fingerprint density at radius 1 is 1.00 bits per heavy atom. The summed E-state index contributed by atoms with van der Waals surface area (Å²) >= 11 is 6.41. The predicted molar refractivity (Wildman–Crippen MR) is 115 cm³/mol. The molecule has 5 nitrogen and oxygen atoms in total. The van der Waals surface area contributed by atoms with Gasteiger partial charge in [-0.15, -0.1) is 11.6 Å². The van der Waals surface area contributed by atoms with Crippen LogP contribution in [0.25, 0.3) is 22.4 Å². The van der Waals surface area contributed by atoms with Crippen molar-refractivity contribution < 1.29 is 9.18 Å². The van der Waals surface area contributed by atoms with E-state index in [0.717, 1.165) is 11.1 Å². The van der Waals surface area contributed by atoms with Crippen LogP contribution >= 0.6 is 11.6 Å². The summed E-state index contributed by atoms with van der Waals surface area (Å²) in [5.74, 6) is -0.208. The number of carbonyl (C=O) groups is 1. The minimum atomic E-state index is -0.860. The number of hydrogen-bond acceptors (Lipinski definition) is 3. The van der Waals surface area contributed by atoms with Gasteiger partial charge in [-0.3, -0.25) is 14.5 Å². The van der Waals surface area contributed by atoms with Crippen molar-refractivity contribution in [1.82, 2.24) is 14.8 Å². The molecule has 1 N–H and O–H groups in total. The van der Waals surface area contributed by atoms with Crippen molar-refractivity contribution in [2.45, 2.75) is 5.38 Å². The first-order valence-corrected chi connectivity index (χ1v) is 9.71. The highest BCUT2D eigenvalue weighted by atomic mass is 35.5. The lowest BCUT2D eigenvalue weighted by Gasteiger charge is -2.13. The third-order valence-electron chi connectivity index (χ3n) is 4.70.